The van der Waals surface area contributed by atoms with Crippen molar-refractivity contribution in [1.29, 1.82) is 0 Å². The summed E-state index contributed by atoms with van der Waals surface area (Å²) in [4.78, 5) is 23.4. The highest BCUT2D eigenvalue weighted by atomic mass is 17.2. The van der Waals surface area contributed by atoms with Gasteiger partial charge in [0.2, 0.25) is 0 Å². The van der Waals surface area contributed by atoms with E-state index in [1.54, 1.807) is 0 Å². The second kappa shape index (κ2) is 11.9. The van der Waals surface area contributed by atoms with Gasteiger partial charge in [0.25, 0.3) is 0 Å². The summed E-state index contributed by atoms with van der Waals surface area (Å²) in [6, 6.07) is 60.1. The van der Waals surface area contributed by atoms with Gasteiger partial charge < -0.3 is 4.79 Å². The number of benzene rings is 7. The van der Waals surface area contributed by atoms with E-state index in [0.29, 0.717) is 0 Å². The molecule has 0 fully saturated rings. The molecular formula is C45H34O3. The van der Waals surface area contributed by atoms with E-state index in [0.717, 1.165) is 55.6 Å². The normalized spacial score (nSPS) is 18.7. The van der Waals surface area contributed by atoms with Crippen molar-refractivity contribution in [2.45, 2.75) is 25.0 Å². The molecule has 0 saturated carbocycles. The van der Waals surface area contributed by atoms with Crippen LogP contribution in [-0.2, 0) is 25.8 Å². The molecule has 2 bridgehead atoms. The fourth-order valence-electron chi connectivity index (χ4n) is 7.66. The number of ketones is 1. The number of hydrogen-bond acceptors (Lipinski definition) is 3. The van der Waals surface area contributed by atoms with Gasteiger partial charge in [-0.2, -0.15) is 0 Å². The molecule has 2 atom stereocenters. The fraction of sp³-hybridized carbons (Fsp3) is 0.0889. The van der Waals surface area contributed by atoms with Crippen molar-refractivity contribution in [2.24, 2.45) is 0 Å². The molecule has 0 amide bonds. The van der Waals surface area contributed by atoms with Crippen LogP contribution >= 0.6 is 0 Å². The number of hydrogen-bond donors (Lipinski definition) is 0. The summed E-state index contributed by atoms with van der Waals surface area (Å²) in [5.41, 5.74) is 9.10. The van der Waals surface area contributed by atoms with Gasteiger partial charge in [0.05, 0.1) is 0 Å². The van der Waals surface area contributed by atoms with E-state index in [2.05, 4.69) is 170 Å². The monoisotopic (exact) mass is 622 g/mol. The lowest BCUT2D eigenvalue weighted by Crippen LogP contribution is -2.54. The molecule has 0 radical (unpaired) electrons. The zero-order chi connectivity index (χ0) is 32.7. The summed E-state index contributed by atoms with van der Waals surface area (Å²) in [6.07, 6.45) is 0. The lowest BCUT2D eigenvalue weighted by molar-refractivity contribution is -0.409. The maximum atomic E-state index is 9.44. The largest absolute Gasteiger partial charge is 0.300 e. The Morgan fingerprint density at radius 1 is 0.417 bits per heavy atom. The van der Waals surface area contributed by atoms with Gasteiger partial charge >= 0.3 is 0 Å². The van der Waals surface area contributed by atoms with Crippen LogP contribution in [0.5, 0.6) is 0 Å². The summed E-state index contributed by atoms with van der Waals surface area (Å²) in [7, 11) is 0. The molecule has 7 aromatic rings. The minimum Gasteiger partial charge on any atom is -0.300 e. The van der Waals surface area contributed by atoms with Crippen LogP contribution in [0.25, 0.3) is 33.0 Å². The van der Waals surface area contributed by atoms with Gasteiger partial charge in [-0.25, -0.2) is 9.78 Å². The van der Waals surface area contributed by atoms with Crippen LogP contribution in [0.4, 0.5) is 0 Å². The second-order valence-corrected chi connectivity index (χ2v) is 12.5. The van der Waals surface area contributed by atoms with Gasteiger partial charge in [0.15, 0.2) is 11.2 Å². The first-order valence-electron chi connectivity index (χ1n) is 16.3. The third-order valence-electron chi connectivity index (χ3n) is 9.38. The number of carbonyl (C=O) groups excluding carboxylic acids is 1. The summed E-state index contributed by atoms with van der Waals surface area (Å²) < 4.78 is 0. The molecule has 7 aromatic carbocycles. The average molecular weight is 623 g/mol. The Morgan fingerprint density at radius 2 is 0.708 bits per heavy atom. The lowest BCUT2D eigenvalue weighted by atomic mass is 9.59. The van der Waals surface area contributed by atoms with Crippen molar-refractivity contribution < 1.29 is 14.6 Å². The molecule has 232 valence electrons. The molecule has 1 aliphatic carbocycles. The predicted octanol–water partition coefficient (Wildman–Crippen LogP) is 10.6. The highest BCUT2D eigenvalue weighted by Gasteiger charge is 2.62. The fourth-order valence-corrected chi connectivity index (χ4v) is 7.66. The van der Waals surface area contributed by atoms with Gasteiger partial charge in [-0.1, -0.05) is 170 Å². The van der Waals surface area contributed by atoms with Crippen molar-refractivity contribution in [1.82, 2.24) is 0 Å². The van der Waals surface area contributed by atoms with Gasteiger partial charge in [-0.3, -0.25) is 0 Å². The highest BCUT2D eigenvalue weighted by Crippen LogP contribution is 2.66. The van der Waals surface area contributed by atoms with E-state index < -0.39 is 11.2 Å². The number of rotatable bonds is 4. The van der Waals surface area contributed by atoms with E-state index in [4.69, 9.17) is 9.78 Å². The molecule has 0 unspecified atom stereocenters. The smallest absolute Gasteiger partial charge is 0.180 e. The molecule has 0 saturated heterocycles. The molecule has 2 aliphatic heterocycles. The second-order valence-electron chi connectivity index (χ2n) is 12.5. The summed E-state index contributed by atoms with van der Waals surface area (Å²) in [5.74, 6) is 0.167. The Hall–Kier alpha value is -5.61. The van der Waals surface area contributed by atoms with Crippen LogP contribution in [0.15, 0.2) is 170 Å². The molecule has 0 aromatic heterocycles. The van der Waals surface area contributed by atoms with Crippen LogP contribution in [-0.4, -0.2) is 5.78 Å². The summed E-state index contributed by atoms with van der Waals surface area (Å²) in [5, 5.41) is 2.37. The minimum absolute atomic E-state index is 0.167. The third kappa shape index (κ3) is 4.40. The lowest BCUT2D eigenvalue weighted by Gasteiger charge is -2.55. The minimum atomic E-state index is -1.01. The molecular weight excluding hydrogens is 588 g/mol. The number of fused-ring (bicyclic) bond motifs is 2. The average Bonchev–Trinajstić information content (AvgIpc) is 3.15. The highest BCUT2D eigenvalue weighted by molar-refractivity contribution is 6.10. The number of Topliss-reactive ketones (excluding diaryl/α,β-unsaturated/α-hetero) is 1. The van der Waals surface area contributed by atoms with Crippen molar-refractivity contribution in [3.63, 3.8) is 0 Å². The quantitative estimate of drug-likeness (QED) is 0.183. The van der Waals surface area contributed by atoms with Crippen LogP contribution in [0.1, 0.15) is 47.2 Å². The summed E-state index contributed by atoms with van der Waals surface area (Å²) >= 11 is 0. The molecule has 48 heavy (non-hydrogen) atoms. The van der Waals surface area contributed by atoms with Crippen molar-refractivity contribution in [2.75, 3.05) is 0 Å². The van der Waals surface area contributed by atoms with Crippen molar-refractivity contribution in [3.05, 3.63) is 203 Å². The van der Waals surface area contributed by atoms with E-state index in [-0.39, 0.29) is 5.78 Å². The Labute approximate surface area is 281 Å². The molecule has 3 aliphatic rings. The van der Waals surface area contributed by atoms with Crippen molar-refractivity contribution >= 4 is 16.6 Å². The van der Waals surface area contributed by atoms with Gasteiger partial charge in [-0.05, 0) is 58.0 Å². The SMILES string of the molecule is CC(C)=O.c1ccc(-c2c3c(c(-c4ccccc4)c4ccccc24)[C@@]2(c4ccccc4)OO[C@]3(c3ccccc3)c3ccccc32)cc1. The Morgan fingerprint density at radius 3 is 1.06 bits per heavy atom. The van der Waals surface area contributed by atoms with E-state index >= 15 is 0 Å². The summed E-state index contributed by atoms with van der Waals surface area (Å²) in [6.45, 7) is 3.06. The first kappa shape index (κ1) is 29.8. The molecule has 2 heterocycles. The number of carbonyl (C=O) groups is 1. The standard InChI is InChI=1S/C42H28O2.C3H6O/c1-5-17-29(18-6-1)37-33-25-13-14-26-34(33)38(30-19-7-2-8-20-30)40-39(37)41(31-21-9-3-10-22-31)35-27-15-16-28-36(35)42(40,44-43-41)32-23-11-4-12-24-32;1-3(2)4/h1-28H;1-2H3/t41-,42+;. The van der Waals surface area contributed by atoms with E-state index in [1.807, 2.05) is 0 Å². The Kier molecular flexibility index (Phi) is 7.37. The topological polar surface area (TPSA) is 35.5 Å². The van der Waals surface area contributed by atoms with Crippen molar-refractivity contribution in [3.8, 4) is 22.3 Å². The van der Waals surface area contributed by atoms with Crippen LogP contribution < -0.4 is 0 Å². The zero-order valence-corrected chi connectivity index (χ0v) is 26.9. The van der Waals surface area contributed by atoms with Gasteiger partial charge in [0.1, 0.15) is 5.78 Å². The van der Waals surface area contributed by atoms with Crippen LogP contribution in [0.2, 0.25) is 0 Å². The molecule has 0 N–H and O–H groups in total. The van der Waals surface area contributed by atoms with Gasteiger partial charge in [-0.15, -0.1) is 0 Å². The van der Waals surface area contributed by atoms with E-state index in [1.165, 1.54) is 24.6 Å². The molecule has 3 heteroatoms. The third-order valence-corrected chi connectivity index (χ3v) is 9.38. The Bertz CT molecular complexity index is 2100. The van der Waals surface area contributed by atoms with E-state index in [9.17, 15) is 4.79 Å². The molecule has 10 rings (SSSR count). The zero-order valence-electron chi connectivity index (χ0n) is 26.9. The predicted molar refractivity (Wildman–Crippen MR) is 192 cm³/mol. The maximum Gasteiger partial charge on any atom is 0.180 e. The maximum absolute atomic E-state index is 9.44. The van der Waals surface area contributed by atoms with Gasteiger partial charge in [0, 0.05) is 22.3 Å². The van der Waals surface area contributed by atoms with Crippen LogP contribution in [0.3, 0.4) is 0 Å². The first-order chi connectivity index (χ1) is 23.6. The Balaban J connectivity index is 0.000000799. The first-order valence-corrected chi connectivity index (χ1v) is 16.3. The molecule has 0 spiro atoms. The van der Waals surface area contributed by atoms with Crippen LogP contribution in [0, 0.1) is 0 Å². The molecule has 3 nitrogen and oxygen atoms in total.